The van der Waals surface area contributed by atoms with Crippen LogP contribution in [0.15, 0.2) is 6.07 Å². The molecule has 0 saturated heterocycles. The Morgan fingerprint density at radius 3 is 1.89 bits per heavy atom. The van der Waals surface area contributed by atoms with Crippen molar-refractivity contribution in [3.63, 3.8) is 0 Å². The van der Waals surface area contributed by atoms with E-state index in [-0.39, 0.29) is 11.5 Å². The van der Waals surface area contributed by atoms with E-state index >= 15 is 8.78 Å². The minimum atomic E-state index is -2.92. The van der Waals surface area contributed by atoms with Crippen LogP contribution < -0.4 is 4.43 Å². The van der Waals surface area contributed by atoms with Crippen LogP contribution in [0.5, 0.6) is 5.75 Å². The van der Waals surface area contributed by atoms with Gasteiger partial charge in [0.1, 0.15) is 5.82 Å². The molecule has 0 aliphatic rings. The number of hydrogen-bond donors (Lipinski definition) is 0. The van der Waals surface area contributed by atoms with Gasteiger partial charge in [0.25, 0.3) is 8.32 Å². The van der Waals surface area contributed by atoms with Crippen LogP contribution in [0.4, 0.5) is 26.3 Å². The second-order valence-corrected chi connectivity index (χ2v) is 14.9. The van der Waals surface area contributed by atoms with Gasteiger partial charge in [-0.25, -0.2) is 22.0 Å². The molecule has 0 heterocycles. The van der Waals surface area contributed by atoms with Gasteiger partial charge in [-0.15, -0.1) is 0 Å². The van der Waals surface area contributed by atoms with Crippen molar-refractivity contribution in [1.29, 1.82) is 0 Å². The van der Waals surface area contributed by atoms with E-state index in [1.165, 1.54) is 0 Å². The predicted molar refractivity (Wildman–Crippen MR) is 137 cm³/mol. The van der Waals surface area contributed by atoms with Crippen molar-refractivity contribution < 1.29 is 30.8 Å². The maximum atomic E-state index is 15.5. The highest BCUT2D eigenvalue weighted by Gasteiger charge is 2.42. The summed E-state index contributed by atoms with van der Waals surface area (Å²) in [7, 11) is -2.92. The molecule has 0 fully saturated rings. The van der Waals surface area contributed by atoms with Crippen molar-refractivity contribution in [1.82, 2.24) is 0 Å². The number of rotatable bonds is 15. The highest BCUT2D eigenvalue weighted by atomic mass is 28.4. The normalized spacial score (nSPS) is 13.9. The molecule has 0 aromatic heterocycles. The van der Waals surface area contributed by atoms with Crippen molar-refractivity contribution in [2.75, 3.05) is 0 Å². The molecule has 204 valence electrons. The van der Waals surface area contributed by atoms with Gasteiger partial charge >= 0.3 is 0 Å². The van der Waals surface area contributed by atoms with Gasteiger partial charge in [-0.05, 0) is 30.0 Å². The molecule has 1 nitrogen and oxygen atoms in total. The van der Waals surface area contributed by atoms with Gasteiger partial charge in [0.05, 0.1) is 10.8 Å². The number of hydrogen-bond acceptors (Lipinski definition) is 1. The van der Waals surface area contributed by atoms with Crippen molar-refractivity contribution in [3.05, 3.63) is 41.0 Å². The average molecular weight is 535 g/mol. The van der Waals surface area contributed by atoms with E-state index < -0.39 is 59.7 Å². The molecule has 1 unspecified atom stereocenters. The number of fused-ring (bicyclic) bond motifs is 1. The third kappa shape index (κ3) is 7.20. The van der Waals surface area contributed by atoms with Crippen LogP contribution in [0.25, 0.3) is 10.8 Å². The Balaban J connectivity index is 2.54. The number of benzene rings is 2. The maximum Gasteiger partial charge on any atom is 0.251 e. The Kier molecular flexibility index (Phi) is 11.2. The van der Waals surface area contributed by atoms with E-state index in [9.17, 15) is 17.6 Å². The largest absolute Gasteiger partial charge is 0.539 e. The summed E-state index contributed by atoms with van der Waals surface area (Å²) in [6.07, 6.45) is 9.04. The molecule has 0 radical (unpaired) electrons. The second kappa shape index (κ2) is 13.2. The fraction of sp³-hybridized carbons (Fsp3) is 0.643. The summed E-state index contributed by atoms with van der Waals surface area (Å²) < 4.78 is 94.0. The van der Waals surface area contributed by atoms with Crippen LogP contribution in [0.2, 0.25) is 18.1 Å². The van der Waals surface area contributed by atoms with Gasteiger partial charge in [-0.1, -0.05) is 86.0 Å². The quantitative estimate of drug-likeness (QED) is 0.0956. The van der Waals surface area contributed by atoms with Crippen LogP contribution in [-0.2, 0) is 0 Å². The first kappa shape index (κ1) is 30.5. The molecule has 2 aromatic carbocycles. The van der Waals surface area contributed by atoms with Crippen molar-refractivity contribution in [3.8, 4) is 5.75 Å². The topological polar surface area (TPSA) is 9.23 Å². The molecular formula is C28H40F6OSi. The van der Waals surface area contributed by atoms with Gasteiger partial charge < -0.3 is 4.43 Å². The maximum absolute atomic E-state index is 15.5. The molecule has 0 saturated carbocycles. The summed E-state index contributed by atoms with van der Waals surface area (Å²) >= 11 is 0. The van der Waals surface area contributed by atoms with Gasteiger partial charge in [0.2, 0.25) is 5.82 Å². The van der Waals surface area contributed by atoms with E-state index in [4.69, 9.17) is 4.43 Å². The summed E-state index contributed by atoms with van der Waals surface area (Å²) in [5.74, 6) is -11.2. The van der Waals surface area contributed by atoms with Crippen LogP contribution >= 0.6 is 0 Å². The van der Waals surface area contributed by atoms with E-state index in [0.717, 1.165) is 57.8 Å². The van der Waals surface area contributed by atoms with Crippen molar-refractivity contribution >= 4 is 19.1 Å². The SMILES string of the molecule is CCCCCCC(C)(C)C[Si](CC)(CCCCCC)Oc1c(F)c(F)c2c(F)c(F)cc(F)c2c1F. The Labute approximate surface area is 212 Å². The lowest BCUT2D eigenvalue weighted by atomic mass is 9.89. The molecule has 0 amide bonds. The fourth-order valence-corrected chi connectivity index (χ4v) is 9.68. The first-order chi connectivity index (χ1) is 16.9. The summed E-state index contributed by atoms with van der Waals surface area (Å²) in [6, 6.07) is 1.86. The van der Waals surface area contributed by atoms with E-state index in [0.29, 0.717) is 18.1 Å². The number of halogens is 6. The highest BCUT2D eigenvalue weighted by molar-refractivity contribution is 6.74. The van der Waals surface area contributed by atoms with Gasteiger partial charge in [-0.3, -0.25) is 0 Å². The number of unbranched alkanes of at least 4 members (excludes halogenated alkanes) is 6. The average Bonchev–Trinajstić information content (AvgIpc) is 2.82. The zero-order valence-corrected chi connectivity index (χ0v) is 23.2. The molecule has 36 heavy (non-hydrogen) atoms. The highest BCUT2D eigenvalue weighted by Crippen LogP contribution is 2.43. The fourth-order valence-electron chi connectivity index (χ4n) is 5.16. The predicted octanol–water partition coefficient (Wildman–Crippen LogP) is 10.6. The summed E-state index contributed by atoms with van der Waals surface area (Å²) in [5, 5.41) is -2.51. The first-order valence-electron chi connectivity index (χ1n) is 13.3. The third-order valence-corrected chi connectivity index (χ3v) is 12.0. The third-order valence-electron chi connectivity index (χ3n) is 7.16. The standard InChI is InChI=1S/C28H40F6OSi/c1-6-9-11-13-15-28(4,5)18-36(8-3,16-14-12-10-7-2)35-27-25(33)21-19(29)17-20(30)23(31)22(21)24(32)26(27)34/h17H,6-16,18H2,1-5H3. The van der Waals surface area contributed by atoms with Gasteiger partial charge in [0.15, 0.2) is 29.0 Å². The zero-order chi connectivity index (χ0) is 27.1. The first-order valence-corrected chi connectivity index (χ1v) is 15.8. The van der Waals surface area contributed by atoms with Crippen molar-refractivity contribution in [2.24, 2.45) is 5.41 Å². The van der Waals surface area contributed by atoms with E-state index in [2.05, 4.69) is 27.7 Å². The summed E-state index contributed by atoms with van der Waals surface area (Å²) in [6.45, 7) is 10.3. The van der Waals surface area contributed by atoms with Crippen LogP contribution in [0, 0.1) is 40.3 Å². The van der Waals surface area contributed by atoms with Gasteiger partial charge in [-0.2, -0.15) is 4.39 Å². The molecule has 0 aliphatic heterocycles. The monoisotopic (exact) mass is 534 g/mol. The molecule has 2 rings (SSSR count). The summed E-state index contributed by atoms with van der Waals surface area (Å²) in [4.78, 5) is 0. The van der Waals surface area contributed by atoms with Crippen LogP contribution in [-0.4, -0.2) is 8.32 Å². The van der Waals surface area contributed by atoms with Crippen LogP contribution in [0.1, 0.15) is 92.4 Å². The lowest BCUT2D eigenvalue weighted by Gasteiger charge is -2.38. The lowest BCUT2D eigenvalue weighted by Crippen LogP contribution is -2.45. The molecule has 1 atom stereocenters. The molecule has 0 bridgehead atoms. The van der Waals surface area contributed by atoms with E-state index in [1.807, 2.05) is 6.92 Å². The summed E-state index contributed by atoms with van der Waals surface area (Å²) in [5.41, 5.74) is -0.177. The molecular weight excluding hydrogens is 494 g/mol. The molecule has 0 aliphatic carbocycles. The molecule has 8 heteroatoms. The Bertz CT molecular complexity index is 1030. The van der Waals surface area contributed by atoms with Crippen LogP contribution in [0.3, 0.4) is 0 Å². The Hall–Kier alpha value is -1.70. The van der Waals surface area contributed by atoms with Crippen molar-refractivity contribution in [2.45, 2.75) is 111 Å². The zero-order valence-electron chi connectivity index (χ0n) is 22.2. The smallest absolute Gasteiger partial charge is 0.251 e. The lowest BCUT2D eigenvalue weighted by molar-refractivity contribution is 0.329. The molecule has 0 spiro atoms. The molecule has 2 aromatic rings. The Morgan fingerprint density at radius 2 is 1.31 bits per heavy atom. The minimum absolute atomic E-state index is 0.135. The minimum Gasteiger partial charge on any atom is -0.539 e. The van der Waals surface area contributed by atoms with Gasteiger partial charge in [0, 0.05) is 6.07 Å². The molecule has 0 N–H and O–H groups in total. The van der Waals surface area contributed by atoms with E-state index in [1.54, 1.807) is 0 Å². The second-order valence-electron chi connectivity index (χ2n) is 10.8. The Morgan fingerprint density at radius 1 is 0.694 bits per heavy atom.